The van der Waals surface area contributed by atoms with Gasteiger partial charge in [0.15, 0.2) is 0 Å². The van der Waals surface area contributed by atoms with Gasteiger partial charge in [0.1, 0.15) is 4.21 Å². The number of sulfonamides is 1. The van der Waals surface area contributed by atoms with Crippen LogP contribution in [0.3, 0.4) is 0 Å². The van der Waals surface area contributed by atoms with Crippen LogP contribution in [-0.4, -0.2) is 31.4 Å². The average molecular weight is 316 g/mol. The van der Waals surface area contributed by atoms with E-state index in [1.807, 2.05) is 32.2 Å². The minimum atomic E-state index is -3.34. The van der Waals surface area contributed by atoms with Gasteiger partial charge in [0.25, 0.3) is 10.0 Å². The van der Waals surface area contributed by atoms with E-state index in [9.17, 15) is 8.42 Å². The molecular weight excluding hydrogens is 292 g/mol. The third-order valence-corrected chi connectivity index (χ3v) is 7.45. The molecule has 4 nitrogen and oxygen atoms in total. The van der Waals surface area contributed by atoms with Crippen LogP contribution >= 0.6 is 11.3 Å². The zero-order valence-corrected chi connectivity index (χ0v) is 14.1. The van der Waals surface area contributed by atoms with Crippen molar-refractivity contribution in [1.29, 1.82) is 0 Å². The summed E-state index contributed by atoms with van der Waals surface area (Å²) in [5.74, 6) is 0. The molecule has 0 amide bonds. The quantitative estimate of drug-likeness (QED) is 0.909. The molecule has 2 atom stereocenters. The van der Waals surface area contributed by atoms with Gasteiger partial charge in [-0.25, -0.2) is 8.42 Å². The van der Waals surface area contributed by atoms with E-state index in [1.165, 1.54) is 11.3 Å². The Morgan fingerprint density at radius 2 is 2.00 bits per heavy atom. The largest absolute Gasteiger partial charge is 0.313 e. The van der Waals surface area contributed by atoms with Gasteiger partial charge >= 0.3 is 0 Å². The molecule has 1 aliphatic rings. The molecule has 114 valence electrons. The fourth-order valence-electron chi connectivity index (χ4n) is 2.83. The van der Waals surface area contributed by atoms with E-state index >= 15 is 0 Å². The molecule has 0 radical (unpaired) electrons. The van der Waals surface area contributed by atoms with Crippen molar-refractivity contribution in [1.82, 2.24) is 9.62 Å². The Morgan fingerprint density at radius 3 is 2.60 bits per heavy atom. The molecule has 1 aromatic heterocycles. The molecule has 0 spiro atoms. The van der Waals surface area contributed by atoms with E-state index in [0.29, 0.717) is 4.21 Å². The number of thiophene rings is 1. The van der Waals surface area contributed by atoms with Gasteiger partial charge in [-0.05, 0) is 50.2 Å². The zero-order valence-electron chi connectivity index (χ0n) is 12.4. The molecule has 1 aromatic rings. The van der Waals surface area contributed by atoms with E-state index in [2.05, 4.69) is 5.32 Å². The Kier molecular flexibility index (Phi) is 5.23. The summed E-state index contributed by atoms with van der Waals surface area (Å²) < 4.78 is 27.8. The number of piperidine rings is 1. The van der Waals surface area contributed by atoms with Crippen molar-refractivity contribution in [2.75, 3.05) is 6.54 Å². The maximum Gasteiger partial charge on any atom is 0.253 e. The first kappa shape index (κ1) is 15.9. The summed E-state index contributed by atoms with van der Waals surface area (Å²) in [5.41, 5.74) is 1.05. The highest BCUT2D eigenvalue weighted by molar-refractivity contribution is 7.91. The zero-order chi connectivity index (χ0) is 14.8. The highest BCUT2D eigenvalue weighted by Crippen LogP contribution is 2.32. The predicted octanol–water partition coefficient (Wildman–Crippen LogP) is 2.81. The maximum absolute atomic E-state index is 12.8. The smallest absolute Gasteiger partial charge is 0.253 e. The second-order valence-corrected chi connectivity index (χ2v) is 8.50. The molecule has 1 saturated heterocycles. The van der Waals surface area contributed by atoms with Crippen molar-refractivity contribution < 1.29 is 8.42 Å². The van der Waals surface area contributed by atoms with Crippen LogP contribution in [0.15, 0.2) is 15.7 Å². The Morgan fingerprint density at radius 1 is 1.35 bits per heavy atom. The molecule has 0 saturated carbocycles. The minimum Gasteiger partial charge on any atom is -0.313 e. The standard InChI is InChI=1S/C14H24N2O2S2/c1-4-15-9-13-8-14(19-10-13)20(17,18)16-11(2)6-5-7-12(16)3/h8,10-12,15H,4-7,9H2,1-3H3. The molecule has 0 aliphatic carbocycles. The predicted molar refractivity (Wildman–Crippen MR) is 83.5 cm³/mol. The van der Waals surface area contributed by atoms with Crippen LogP contribution in [0, 0.1) is 0 Å². The van der Waals surface area contributed by atoms with Crippen LogP contribution in [-0.2, 0) is 16.6 Å². The summed E-state index contributed by atoms with van der Waals surface area (Å²) in [7, 11) is -3.34. The average Bonchev–Trinajstić information content (AvgIpc) is 2.85. The minimum absolute atomic E-state index is 0.100. The van der Waals surface area contributed by atoms with E-state index in [4.69, 9.17) is 0 Å². The van der Waals surface area contributed by atoms with Crippen molar-refractivity contribution in [2.45, 2.75) is 62.9 Å². The Labute approximate surface area is 126 Å². The van der Waals surface area contributed by atoms with Crippen LogP contribution < -0.4 is 5.32 Å². The summed E-state index contributed by atoms with van der Waals surface area (Å²) in [6.07, 6.45) is 3.03. The lowest BCUT2D eigenvalue weighted by Crippen LogP contribution is -2.47. The van der Waals surface area contributed by atoms with E-state index in [0.717, 1.165) is 37.9 Å². The molecule has 1 N–H and O–H groups in total. The molecule has 2 heterocycles. The lowest BCUT2D eigenvalue weighted by molar-refractivity contribution is 0.204. The first-order valence-corrected chi connectivity index (χ1v) is 9.60. The van der Waals surface area contributed by atoms with Gasteiger partial charge in [0, 0.05) is 18.6 Å². The third kappa shape index (κ3) is 3.24. The van der Waals surface area contributed by atoms with Crippen LogP contribution in [0.4, 0.5) is 0 Å². The Balaban J connectivity index is 2.22. The lowest BCUT2D eigenvalue weighted by atomic mass is 10.0. The van der Waals surface area contributed by atoms with Crippen LogP contribution in [0.5, 0.6) is 0 Å². The molecular formula is C14H24N2O2S2. The Hall–Kier alpha value is -0.430. The molecule has 2 rings (SSSR count). The maximum atomic E-state index is 12.8. The van der Waals surface area contributed by atoms with Gasteiger partial charge in [-0.1, -0.05) is 13.3 Å². The first-order valence-electron chi connectivity index (χ1n) is 7.28. The fraction of sp³-hybridized carbons (Fsp3) is 0.714. The van der Waals surface area contributed by atoms with Crippen molar-refractivity contribution in [3.63, 3.8) is 0 Å². The molecule has 1 aliphatic heterocycles. The van der Waals surface area contributed by atoms with Gasteiger partial charge in [-0.2, -0.15) is 4.31 Å². The van der Waals surface area contributed by atoms with E-state index in [-0.39, 0.29) is 12.1 Å². The van der Waals surface area contributed by atoms with Gasteiger partial charge < -0.3 is 5.32 Å². The first-order chi connectivity index (χ1) is 9.46. The number of nitrogens with one attached hydrogen (secondary N) is 1. The fourth-order valence-corrected chi connectivity index (χ4v) is 6.02. The van der Waals surface area contributed by atoms with Crippen molar-refractivity contribution >= 4 is 21.4 Å². The molecule has 0 aromatic carbocycles. The molecule has 1 fully saturated rings. The van der Waals surface area contributed by atoms with Gasteiger partial charge in [-0.3, -0.25) is 0 Å². The van der Waals surface area contributed by atoms with Crippen LogP contribution in [0.2, 0.25) is 0 Å². The number of hydrogen-bond acceptors (Lipinski definition) is 4. The van der Waals surface area contributed by atoms with Crippen molar-refractivity contribution in [3.8, 4) is 0 Å². The monoisotopic (exact) mass is 316 g/mol. The topological polar surface area (TPSA) is 49.4 Å². The van der Waals surface area contributed by atoms with Crippen molar-refractivity contribution in [3.05, 3.63) is 17.0 Å². The van der Waals surface area contributed by atoms with Crippen LogP contribution in [0.1, 0.15) is 45.6 Å². The highest BCUT2D eigenvalue weighted by atomic mass is 32.2. The van der Waals surface area contributed by atoms with Crippen molar-refractivity contribution in [2.24, 2.45) is 0 Å². The molecule has 0 bridgehead atoms. The lowest BCUT2D eigenvalue weighted by Gasteiger charge is -2.37. The second kappa shape index (κ2) is 6.56. The third-order valence-electron chi connectivity index (χ3n) is 3.85. The molecule has 6 heteroatoms. The highest BCUT2D eigenvalue weighted by Gasteiger charge is 2.36. The van der Waals surface area contributed by atoms with E-state index < -0.39 is 10.0 Å². The SMILES string of the molecule is CCNCc1csc(S(=O)(=O)N2C(C)CCCC2C)c1. The van der Waals surface area contributed by atoms with Gasteiger partial charge in [0.2, 0.25) is 0 Å². The van der Waals surface area contributed by atoms with Gasteiger partial charge in [-0.15, -0.1) is 11.3 Å². The number of nitrogens with zero attached hydrogens (tertiary/aromatic N) is 1. The second-order valence-electron chi connectivity index (χ2n) is 5.52. The van der Waals surface area contributed by atoms with E-state index in [1.54, 1.807) is 4.31 Å². The van der Waals surface area contributed by atoms with Gasteiger partial charge in [0.05, 0.1) is 0 Å². The summed E-state index contributed by atoms with van der Waals surface area (Å²) in [6.45, 7) is 7.69. The summed E-state index contributed by atoms with van der Waals surface area (Å²) in [6, 6.07) is 2.02. The summed E-state index contributed by atoms with van der Waals surface area (Å²) in [4.78, 5) is 0. The number of hydrogen-bond donors (Lipinski definition) is 1. The summed E-state index contributed by atoms with van der Waals surface area (Å²) in [5, 5.41) is 5.16. The summed E-state index contributed by atoms with van der Waals surface area (Å²) >= 11 is 1.34. The van der Waals surface area contributed by atoms with Crippen LogP contribution in [0.25, 0.3) is 0 Å². The number of rotatable bonds is 5. The Bertz CT molecular complexity index is 529. The normalized spacial score (nSPS) is 24.9. The molecule has 20 heavy (non-hydrogen) atoms. The molecule has 2 unspecified atom stereocenters.